The minimum absolute atomic E-state index is 0.00678. The van der Waals surface area contributed by atoms with E-state index in [2.05, 4.69) is 88.6 Å². The average Bonchev–Trinajstić information content (AvgIpc) is 3.88. The number of hydrogen-bond acceptors (Lipinski definition) is 10. The van der Waals surface area contributed by atoms with Gasteiger partial charge >= 0.3 is 0 Å². The van der Waals surface area contributed by atoms with Gasteiger partial charge in [0.1, 0.15) is 29.0 Å². The average molecular weight is 994 g/mol. The summed E-state index contributed by atoms with van der Waals surface area (Å²) >= 11 is 0. The number of carbonyl (C=O) groups excluding carboxylic acids is 1. The molecule has 6 heterocycles. The molecule has 12 rings (SSSR count). The van der Waals surface area contributed by atoms with E-state index in [1.807, 2.05) is 36.4 Å². The molecule has 2 fully saturated rings. The van der Waals surface area contributed by atoms with Gasteiger partial charge in [0.05, 0.1) is 56.4 Å². The van der Waals surface area contributed by atoms with E-state index in [9.17, 15) is 15.3 Å². The van der Waals surface area contributed by atoms with Crippen LogP contribution >= 0.6 is 0 Å². The number of hydrogen-bond donors (Lipinski definition) is 5. The van der Waals surface area contributed by atoms with Crippen LogP contribution in [0.15, 0.2) is 115 Å². The normalized spacial score (nSPS) is 22.3. The molecule has 0 radical (unpaired) electrons. The van der Waals surface area contributed by atoms with Crippen LogP contribution in [0.1, 0.15) is 113 Å². The molecule has 6 atom stereocenters. The van der Waals surface area contributed by atoms with Gasteiger partial charge in [-0.15, -0.1) is 0 Å². The number of piperazine rings is 1. The van der Waals surface area contributed by atoms with Crippen LogP contribution in [0.2, 0.25) is 0 Å². The molecular weight excluding hydrogens is 927 g/mol. The Morgan fingerprint density at radius 1 is 0.892 bits per heavy atom. The molecule has 1 unspecified atom stereocenters. The van der Waals surface area contributed by atoms with Gasteiger partial charge in [0.15, 0.2) is 17.3 Å². The number of aryl methyl sites for hydroxylation is 1. The highest BCUT2D eigenvalue weighted by molar-refractivity contribution is 6.05. The third-order valence-corrected chi connectivity index (χ3v) is 16.1. The Labute approximate surface area is 434 Å². The molecule has 1 saturated carbocycles. The second kappa shape index (κ2) is 21.5. The van der Waals surface area contributed by atoms with E-state index >= 15 is 4.79 Å². The first-order valence-electron chi connectivity index (χ1n) is 26.7. The summed E-state index contributed by atoms with van der Waals surface area (Å²) in [6.07, 6.45) is 9.55. The lowest BCUT2D eigenvalue weighted by molar-refractivity contribution is 0.0834. The van der Waals surface area contributed by atoms with Crippen molar-refractivity contribution in [3.05, 3.63) is 160 Å². The van der Waals surface area contributed by atoms with Crippen LogP contribution in [-0.4, -0.2) is 84.3 Å². The number of aromatic amines is 1. The number of ether oxygens (including phenoxy) is 4. The fourth-order valence-corrected chi connectivity index (χ4v) is 12.4. The molecule has 11 nitrogen and oxygen atoms in total. The van der Waals surface area contributed by atoms with Gasteiger partial charge in [-0.3, -0.25) is 4.79 Å². The molecule has 5 aliphatic heterocycles. The second-order valence-corrected chi connectivity index (χ2v) is 20.8. The molecule has 5 aromatic carbocycles. The molecular formula is C63H67N3O8. The molecule has 382 valence electrons. The monoisotopic (exact) mass is 993 g/mol. The van der Waals surface area contributed by atoms with Crippen molar-refractivity contribution in [2.75, 3.05) is 44.9 Å². The molecule has 74 heavy (non-hydrogen) atoms. The number of carbonyl (C=O) groups is 1. The number of ketones is 1. The Balaban J connectivity index is 1.14. The summed E-state index contributed by atoms with van der Waals surface area (Å²) in [4.78, 5) is 21.7. The summed E-state index contributed by atoms with van der Waals surface area (Å²) in [6, 6.07) is 36.4. The number of rotatable bonds is 10. The van der Waals surface area contributed by atoms with Gasteiger partial charge in [-0.05, 0) is 83.7 Å². The van der Waals surface area contributed by atoms with Crippen molar-refractivity contribution in [2.24, 2.45) is 5.92 Å². The third-order valence-electron chi connectivity index (χ3n) is 16.1. The van der Waals surface area contributed by atoms with Gasteiger partial charge in [0, 0.05) is 48.7 Å². The van der Waals surface area contributed by atoms with E-state index < -0.39 is 18.1 Å². The molecule has 1 aliphatic carbocycles. The number of H-pyrrole nitrogens is 1. The summed E-state index contributed by atoms with van der Waals surface area (Å²) in [7, 11) is 1.55. The maximum atomic E-state index is 15.2. The zero-order valence-corrected chi connectivity index (χ0v) is 42.4. The molecule has 8 bridgehead atoms. The molecule has 1 aromatic heterocycles. The minimum atomic E-state index is -0.844. The maximum absolute atomic E-state index is 15.2. The van der Waals surface area contributed by atoms with Crippen molar-refractivity contribution in [3.8, 4) is 51.7 Å². The number of fused-ring (bicyclic) bond motifs is 11. The molecule has 5 N–H and O–H groups in total. The fraction of sp³-hybridized carbons (Fsp3) is 0.381. The van der Waals surface area contributed by atoms with Crippen LogP contribution < -0.4 is 29.2 Å². The van der Waals surface area contributed by atoms with Crippen LogP contribution in [0.4, 0.5) is 5.82 Å². The van der Waals surface area contributed by atoms with Crippen LogP contribution in [0.3, 0.4) is 0 Å². The number of aromatic nitrogens is 1. The standard InChI is InChI=1S/C63H67N3O8/c1-3-48-36-51-45-14-10-13-42(34-45)35-46-20-26-52-61(66(31-30-64-52)62(51)65-48)63(28-8-5-9-29-63)47-21-15-41(16-22-47)33-43(38-67)39-73-58-55(46)57-56(53(70)37-54(74-57)44-18-24-49(68)25-19-44)59(60(58)71-2)72-32-27-50(69)23-17-40-11-6-4-7-12-40/h4,6-7,10-19,21-25,34,36,43,46,50,52,54,61,64-65,67-69H,3,5,8-9,27-33,35,37-39H2,1-2H3/b23-17+/t43-,46-,50+,52+,54?,61-/m1/s1. The Bertz CT molecular complexity index is 3060. The highest BCUT2D eigenvalue weighted by Crippen LogP contribution is 2.56. The number of aliphatic hydroxyl groups is 2. The van der Waals surface area contributed by atoms with Crippen molar-refractivity contribution in [3.63, 3.8) is 0 Å². The molecule has 0 amide bonds. The number of phenols is 1. The summed E-state index contributed by atoms with van der Waals surface area (Å²) in [6.45, 7) is 3.73. The number of nitrogens with one attached hydrogen (secondary N) is 2. The molecule has 6 aliphatic rings. The summed E-state index contributed by atoms with van der Waals surface area (Å²) < 4.78 is 27.4. The smallest absolute Gasteiger partial charge is 0.204 e. The van der Waals surface area contributed by atoms with Crippen LogP contribution in [0.5, 0.6) is 28.7 Å². The lowest BCUT2D eigenvalue weighted by Crippen LogP contribution is -2.66. The van der Waals surface area contributed by atoms with Crippen molar-refractivity contribution < 1.29 is 39.1 Å². The third kappa shape index (κ3) is 9.67. The highest BCUT2D eigenvalue weighted by atomic mass is 16.5. The van der Waals surface area contributed by atoms with Crippen molar-refractivity contribution in [1.29, 1.82) is 0 Å². The lowest BCUT2D eigenvalue weighted by atomic mass is 9.62. The van der Waals surface area contributed by atoms with Crippen molar-refractivity contribution >= 4 is 17.7 Å². The first kappa shape index (κ1) is 49.3. The van der Waals surface area contributed by atoms with E-state index in [0.717, 1.165) is 78.8 Å². The minimum Gasteiger partial charge on any atom is -0.508 e. The molecule has 6 aromatic rings. The van der Waals surface area contributed by atoms with Gasteiger partial charge in [0.2, 0.25) is 5.75 Å². The SMILES string of the molecule is CCc1cc2c([nH]1)N1CCN[C@H]3C#C[C@H](Cc4cccc-2c4)c2c(c(OC)c(OCC[C@@H](O)/C=C/c4ccccc4)c4c2OC(c2ccc(O)cc2)CC4=O)OC[C@@H](CO)Cc2ccc(cc2)C2(CCCCC2)[C@@H]31. The lowest BCUT2D eigenvalue weighted by Gasteiger charge is -2.54. The van der Waals surface area contributed by atoms with Crippen LogP contribution in [0.25, 0.3) is 17.2 Å². The van der Waals surface area contributed by atoms with Crippen LogP contribution in [-0.2, 0) is 24.7 Å². The van der Waals surface area contributed by atoms with E-state index in [1.165, 1.54) is 23.2 Å². The van der Waals surface area contributed by atoms with Gasteiger partial charge in [-0.2, -0.15) is 0 Å². The first-order valence-corrected chi connectivity index (χ1v) is 26.7. The van der Waals surface area contributed by atoms with Gasteiger partial charge < -0.3 is 49.5 Å². The molecule has 1 spiro atoms. The topological polar surface area (TPSA) is 146 Å². The van der Waals surface area contributed by atoms with E-state index in [1.54, 1.807) is 37.5 Å². The number of methoxy groups -OCH3 is 1. The number of benzene rings is 5. The van der Waals surface area contributed by atoms with E-state index in [0.29, 0.717) is 29.9 Å². The fourth-order valence-electron chi connectivity index (χ4n) is 12.4. The number of anilines is 1. The highest BCUT2D eigenvalue weighted by Gasteiger charge is 2.50. The predicted molar refractivity (Wildman–Crippen MR) is 289 cm³/mol. The Morgan fingerprint density at radius 3 is 2.47 bits per heavy atom. The van der Waals surface area contributed by atoms with Gasteiger partial charge in [0.25, 0.3) is 0 Å². The first-order chi connectivity index (χ1) is 36.2. The number of aliphatic hydroxyl groups excluding tert-OH is 2. The number of aromatic hydroxyl groups is 1. The quantitative estimate of drug-likeness (QED) is 0.0841. The summed E-state index contributed by atoms with van der Waals surface area (Å²) in [5.74, 6) is 8.94. The predicted octanol–water partition coefficient (Wildman–Crippen LogP) is 10.4. The summed E-state index contributed by atoms with van der Waals surface area (Å²) in [5, 5.41) is 36.6. The van der Waals surface area contributed by atoms with Crippen LogP contribution in [0, 0.1) is 17.8 Å². The zero-order valence-electron chi connectivity index (χ0n) is 42.4. The van der Waals surface area contributed by atoms with Crippen molar-refractivity contribution in [2.45, 2.75) is 107 Å². The largest absolute Gasteiger partial charge is 0.508 e. The van der Waals surface area contributed by atoms with Crippen molar-refractivity contribution in [1.82, 2.24) is 10.3 Å². The van der Waals surface area contributed by atoms with E-state index in [4.69, 9.17) is 18.9 Å². The Kier molecular flexibility index (Phi) is 14.3. The number of Topliss-reactive ketones (excluding diaryl/α,β-unsaturated/α-hetero) is 1. The molecule has 1 saturated heterocycles. The zero-order chi connectivity index (χ0) is 50.8. The maximum Gasteiger partial charge on any atom is 0.204 e. The van der Waals surface area contributed by atoms with Gasteiger partial charge in [-0.1, -0.05) is 141 Å². The Hall–Kier alpha value is -6.97. The number of nitrogens with zero attached hydrogens (tertiary/aromatic N) is 1. The van der Waals surface area contributed by atoms with Gasteiger partial charge in [-0.25, -0.2) is 0 Å². The summed E-state index contributed by atoms with van der Waals surface area (Å²) in [5.41, 5.74) is 9.14. The van der Waals surface area contributed by atoms with E-state index in [-0.39, 0.29) is 84.7 Å². The number of phenolic OH excluding ortho intramolecular Hbond substituents is 1. The second-order valence-electron chi connectivity index (χ2n) is 20.8. The Morgan fingerprint density at radius 2 is 1.70 bits per heavy atom. The molecule has 11 heteroatoms.